The number of hydrogen-bond donors (Lipinski definition) is 2. The van der Waals surface area contributed by atoms with Crippen LogP contribution in [0.1, 0.15) is 32.6 Å². The van der Waals surface area contributed by atoms with Crippen molar-refractivity contribution in [2.75, 3.05) is 6.54 Å². The van der Waals surface area contributed by atoms with Crippen LogP contribution in [-0.2, 0) is 4.79 Å². The highest BCUT2D eigenvalue weighted by Gasteiger charge is 2.64. The van der Waals surface area contributed by atoms with E-state index in [2.05, 4.69) is 10.6 Å². The summed E-state index contributed by atoms with van der Waals surface area (Å²) in [6.07, 6.45) is -2.48. The molecular weight excluding hydrogens is 233 g/mol. The van der Waals surface area contributed by atoms with Gasteiger partial charge in [-0.3, -0.25) is 4.79 Å². The van der Waals surface area contributed by atoms with Crippen LogP contribution in [0.2, 0.25) is 0 Å². The van der Waals surface area contributed by atoms with Gasteiger partial charge in [-0.2, -0.15) is 13.2 Å². The molecule has 0 spiro atoms. The molecule has 1 heterocycles. The van der Waals surface area contributed by atoms with E-state index in [1.54, 1.807) is 0 Å². The molecule has 0 aromatic heterocycles. The van der Waals surface area contributed by atoms with Gasteiger partial charge in [-0.25, -0.2) is 0 Å². The molecule has 1 amide bonds. The summed E-state index contributed by atoms with van der Waals surface area (Å²) in [5.74, 6) is -0.417. The smallest absolute Gasteiger partial charge is 0.341 e. The molecule has 1 saturated heterocycles. The number of hydrogen-bond acceptors (Lipinski definition) is 2. The Bertz CT molecular complexity index is 312. The van der Waals surface area contributed by atoms with E-state index >= 15 is 0 Å². The fraction of sp³-hybridized carbons (Fsp3) is 0.909. The molecule has 98 valence electrons. The molecule has 3 nitrogen and oxygen atoms in total. The molecule has 1 saturated carbocycles. The molecule has 0 aromatic carbocycles. The lowest BCUT2D eigenvalue weighted by Crippen LogP contribution is -2.57. The van der Waals surface area contributed by atoms with E-state index in [1.165, 1.54) is 0 Å². The van der Waals surface area contributed by atoms with Crippen LogP contribution < -0.4 is 10.6 Å². The van der Waals surface area contributed by atoms with Gasteiger partial charge in [-0.15, -0.1) is 0 Å². The summed E-state index contributed by atoms with van der Waals surface area (Å²) in [6.45, 7) is 2.59. The van der Waals surface area contributed by atoms with Gasteiger partial charge in [0, 0.05) is 0 Å². The maximum Gasteiger partial charge on any atom is 0.411 e. The van der Waals surface area contributed by atoms with Crippen molar-refractivity contribution in [3.8, 4) is 0 Å². The number of nitrogens with one attached hydrogen (secondary N) is 2. The van der Waals surface area contributed by atoms with Crippen molar-refractivity contribution in [3.05, 3.63) is 0 Å². The molecule has 2 fully saturated rings. The lowest BCUT2D eigenvalue weighted by Gasteiger charge is -2.31. The van der Waals surface area contributed by atoms with E-state index < -0.39 is 23.7 Å². The van der Waals surface area contributed by atoms with E-state index in [0.717, 1.165) is 12.8 Å². The molecule has 1 aliphatic heterocycles. The molecule has 17 heavy (non-hydrogen) atoms. The molecule has 2 N–H and O–H groups in total. The van der Waals surface area contributed by atoms with Crippen LogP contribution >= 0.6 is 0 Å². The summed E-state index contributed by atoms with van der Waals surface area (Å²) in [6, 6.07) is -0.483. The monoisotopic (exact) mass is 250 g/mol. The van der Waals surface area contributed by atoms with Gasteiger partial charge in [0.2, 0.25) is 5.91 Å². The van der Waals surface area contributed by atoms with Crippen LogP contribution in [-0.4, -0.2) is 30.2 Å². The maximum absolute atomic E-state index is 12.7. The Morgan fingerprint density at radius 2 is 2.06 bits per heavy atom. The molecule has 0 aromatic rings. The van der Waals surface area contributed by atoms with E-state index in [9.17, 15) is 18.0 Å². The highest BCUT2D eigenvalue weighted by atomic mass is 19.4. The topological polar surface area (TPSA) is 41.1 Å². The van der Waals surface area contributed by atoms with Crippen molar-refractivity contribution in [2.24, 2.45) is 5.92 Å². The highest BCUT2D eigenvalue weighted by molar-refractivity contribution is 5.83. The molecular formula is C11H17F3N2O. The summed E-state index contributed by atoms with van der Waals surface area (Å²) in [5.41, 5.74) is -1.94. The van der Waals surface area contributed by atoms with Crippen LogP contribution in [0.4, 0.5) is 13.2 Å². The van der Waals surface area contributed by atoms with Crippen molar-refractivity contribution in [3.63, 3.8) is 0 Å². The Labute approximate surface area is 98.1 Å². The minimum Gasteiger partial charge on any atom is -0.341 e. The molecule has 6 heteroatoms. The van der Waals surface area contributed by atoms with Crippen LogP contribution in [0.5, 0.6) is 0 Å². The molecule has 0 radical (unpaired) electrons. The van der Waals surface area contributed by atoms with Gasteiger partial charge in [0.25, 0.3) is 0 Å². The van der Waals surface area contributed by atoms with Gasteiger partial charge in [-0.1, -0.05) is 6.92 Å². The Morgan fingerprint density at radius 3 is 2.53 bits per heavy atom. The lowest BCUT2D eigenvalue weighted by atomic mass is 9.92. The largest absolute Gasteiger partial charge is 0.411 e. The van der Waals surface area contributed by atoms with Crippen molar-refractivity contribution < 1.29 is 18.0 Å². The van der Waals surface area contributed by atoms with Crippen LogP contribution in [0.3, 0.4) is 0 Å². The molecule has 2 aliphatic rings. The van der Waals surface area contributed by atoms with Gasteiger partial charge in [0.05, 0.1) is 6.04 Å². The minimum absolute atomic E-state index is 0.00331. The third-order valence-electron chi connectivity index (χ3n) is 3.71. The Morgan fingerprint density at radius 1 is 1.41 bits per heavy atom. The number of alkyl halides is 3. The molecule has 2 atom stereocenters. The summed E-state index contributed by atoms with van der Waals surface area (Å²) in [4.78, 5) is 11.8. The number of halogens is 3. The van der Waals surface area contributed by atoms with E-state index in [1.807, 2.05) is 6.92 Å². The molecule has 2 unspecified atom stereocenters. The zero-order valence-electron chi connectivity index (χ0n) is 9.73. The van der Waals surface area contributed by atoms with Gasteiger partial charge < -0.3 is 10.6 Å². The van der Waals surface area contributed by atoms with Crippen LogP contribution in [0.25, 0.3) is 0 Å². The summed E-state index contributed by atoms with van der Waals surface area (Å²) in [5, 5.41) is 5.17. The normalized spacial score (nSPS) is 32.0. The second-order valence-corrected chi connectivity index (χ2v) is 5.12. The van der Waals surface area contributed by atoms with Gasteiger partial charge in [0.15, 0.2) is 0 Å². The average Bonchev–Trinajstić information content (AvgIpc) is 2.98. The first-order valence-electron chi connectivity index (χ1n) is 5.98. The summed E-state index contributed by atoms with van der Waals surface area (Å²) < 4.78 is 38.1. The predicted octanol–water partition coefficient (Wildman–Crippen LogP) is 1.59. The first kappa shape index (κ1) is 12.7. The Balaban J connectivity index is 1.97. The first-order valence-corrected chi connectivity index (χ1v) is 5.98. The van der Waals surface area contributed by atoms with Crippen LogP contribution in [0.15, 0.2) is 0 Å². The third-order valence-corrected chi connectivity index (χ3v) is 3.71. The minimum atomic E-state index is -4.33. The van der Waals surface area contributed by atoms with E-state index in [-0.39, 0.29) is 18.8 Å². The van der Waals surface area contributed by atoms with Gasteiger partial charge in [-0.05, 0) is 38.1 Å². The first-order chi connectivity index (χ1) is 7.86. The quantitative estimate of drug-likeness (QED) is 0.781. The fourth-order valence-corrected chi connectivity index (χ4v) is 2.32. The molecule has 1 aliphatic carbocycles. The summed E-state index contributed by atoms with van der Waals surface area (Å²) >= 11 is 0. The highest BCUT2D eigenvalue weighted by Crippen LogP contribution is 2.49. The number of rotatable bonds is 2. The second kappa shape index (κ2) is 4.15. The zero-order chi connectivity index (χ0) is 12.7. The summed E-state index contributed by atoms with van der Waals surface area (Å²) in [7, 11) is 0. The van der Waals surface area contributed by atoms with Crippen molar-refractivity contribution >= 4 is 5.91 Å². The fourth-order valence-electron chi connectivity index (χ4n) is 2.32. The zero-order valence-corrected chi connectivity index (χ0v) is 9.73. The molecule has 0 bridgehead atoms. The standard InChI is InChI=1S/C11H17F3N2O/c1-7-3-2-6-15-8(7)9(17)16-10(4-5-10)11(12,13)14/h7-8,15H,2-6H2,1H3,(H,16,17). The Hall–Kier alpha value is -0.780. The van der Waals surface area contributed by atoms with Crippen molar-refractivity contribution in [2.45, 2.75) is 50.4 Å². The maximum atomic E-state index is 12.7. The number of piperidine rings is 1. The van der Waals surface area contributed by atoms with Crippen LogP contribution in [0, 0.1) is 5.92 Å². The van der Waals surface area contributed by atoms with Crippen molar-refractivity contribution in [1.82, 2.24) is 10.6 Å². The number of carbonyl (C=O) groups is 1. The SMILES string of the molecule is CC1CCCNC1C(=O)NC1(C(F)(F)F)CC1. The third kappa shape index (κ3) is 2.41. The number of amides is 1. The van der Waals surface area contributed by atoms with E-state index in [0.29, 0.717) is 6.54 Å². The van der Waals surface area contributed by atoms with Crippen molar-refractivity contribution in [1.29, 1.82) is 0 Å². The van der Waals surface area contributed by atoms with Gasteiger partial charge >= 0.3 is 6.18 Å². The van der Waals surface area contributed by atoms with E-state index in [4.69, 9.17) is 0 Å². The molecule has 2 rings (SSSR count). The predicted molar refractivity (Wildman–Crippen MR) is 56.4 cm³/mol. The second-order valence-electron chi connectivity index (χ2n) is 5.12. The lowest BCUT2D eigenvalue weighted by molar-refractivity contribution is -0.171. The van der Waals surface area contributed by atoms with Gasteiger partial charge in [0.1, 0.15) is 5.54 Å². The number of carbonyl (C=O) groups excluding carboxylic acids is 1. The average molecular weight is 250 g/mol. The Kier molecular flexibility index (Phi) is 3.10.